The molecule has 2 unspecified atom stereocenters. The molecule has 9 nitrogen and oxygen atoms in total. The molecule has 0 rings (SSSR count). The lowest BCUT2D eigenvalue weighted by Crippen LogP contribution is -2.35. The second-order valence-electron chi connectivity index (χ2n) is 6.57. The molecule has 0 bridgehead atoms. The van der Waals surface area contributed by atoms with Crippen LogP contribution in [0.1, 0.15) is 46.0 Å². The van der Waals surface area contributed by atoms with E-state index >= 15 is 0 Å². The highest BCUT2D eigenvalue weighted by Crippen LogP contribution is 2.17. The number of carbonyl (C=O) groups is 3. The second-order valence-corrected chi connectivity index (χ2v) is 6.57. The molecule has 0 fully saturated rings. The van der Waals surface area contributed by atoms with Gasteiger partial charge in [-0.05, 0) is 37.6 Å². The maximum absolute atomic E-state index is 12.1. The Balaban J connectivity index is 3.89. The summed E-state index contributed by atoms with van der Waals surface area (Å²) in [6, 6.07) is 0. The van der Waals surface area contributed by atoms with Gasteiger partial charge in [0.2, 0.25) is 17.7 Å². The van der Waals surface area contributed by atoms with Gasteiger partial charge in [-0.15, -0.1) is 0 Å². The highest BCUT2D eigenvalue weighted by Gasteiger charge is 2.24. The summed E-state index contributed by atoms with van der Waals surface area (Å²) in [6.45, 7) is 4.73. The van der Waals surface area contributed by atoms with Crippen LogP contribution in [0, 0.1) is 11.8 Å². The Morgan fingerprint density at radius 2 is 1.73 bits per heavy atom. The third-order valence-electron chi connectivity index (χ3n) is 4.12. The summed E-state index contributed by atoms with van der Waals surface area (Å²) in [6.07, 6.45) is 3.75. The van der Waals surface area contributed by atoms with Crippen LogP contribution >= 0.6 is 0 Å². The molecule has 2 atom stereocenters. The van der Waals surface area contributed by atoms with Gasteiger partial charge in [0.05, 0.1) is 0 Å². The van der Waals surface area contributed by atoms with Crippen molar-refractivity contribution in [2.75, 3.05) is 33.7 Å². The minimum Gasteiger partial charge on any atom is -0.356 e. The number of nitrogens with one attached hydrogen (secondary N) is 2. The first-order valence-corrected chi connectivity index (χ1v) is 9.09. The van der Waals surface area contributed by atoms with Crippen molar-refractivity contribution in [3.63, 3.8) is 0 Å². The van der Waals surface area contributed by atoms with Crippen molar-refractivity contribution in [3.05, 3.63) is 10.4 Å². The quantitative estimate of drug-likeness (QED) is 0.223. The fraction of sp³-hybridized carbons (Fsp3) is 0.824. The lowest BCUT2D eigenvalue weighted by Gasteiger charge is -2.22. The van der Waals surface area contributed by atoms with Gasteiger partial charge in [-0.2, -0.15) is 0 Å². The first kappa shape index (κ1) is 23.7. The molecule has 0 saturated heterocycles. The highest BCUT2D eigenvalue weighted by molar-refractivity contribution is 5.81. The number of amides is 3. The van der Waals surface area contributed by atoms with E-state index in [9.17, 15) is 14.4 Å². The Kier molecular flexibility index (Phi) is 12.7. The Hall–Kier alpha value is -2.28. The van der Waals surface area contributed by atoms with E-state index in [1.807, 2.05) is 13.8 Å². The Bertz CT molecular complexity index is 503. The van der Waals surface area contributed by atoms with Gasteiger partial charge in [0.1, 0.15) is 6.54 Å². The van der Waals surface area contributed by atoms with Crippen LogP contribution in [0.25, 0.3) is 10.4 Å². The predicted molar refractivity (Wildman–Crippen MR) is 100 cm³/mol. The predicted octanol–water partition coefficient (Wildman–Crippen LogP) is 1.84. The normalized spacial score (nSPS) is 12.5. The molecule has 0 heterocycles. The summed E-state index contributed by atoms with van der Waals surface area (Å²) in [5.74, 6) is -0.585. The molecule has 0 saturated carbocycles. The van der Waals surface area contributed by atoms with Crippen molar-refractivity contribution in [2.45, 2.75) is 46.0 Å². The Labute approximate surface area is 155 Å². The maximum atomic E-state index is 12.1. The standard InChI is InChI=1S/C17H32N6O3/c1-5-14(17(26)23(3)4)11-13(2)16(25)20-10-8-6-7-9-19-15(24)12-21-22-18/h13-14H,5-12H2,1-4H3,(H,19,24)(H,20,25). The van der Waals surface area contributed by atoms with E-state index in [2.05, 4.69) is 20.7 Å². The fourth-order valence-corrected chi connectivity index (χ4v) is 2.53. The molecule has 0 aromatic rings. The van der Waals surface area contributed by atoms with E-state index in [4.69, 9.17) is 5.53 Å². The van der Waals surface area contributed by atoms with Gasteiger partial charge < -0.3 is 15.5 Å². The zero-order valence-electron chi connectivity index (χ0n) is 16.3. The van der Waals surface area contributed by atoms with E-state index in [1.54, 1.807) is 19.0 Å². The lowest BCUT2D eigenvalue weighted by atomic mass is 9.92. The summed E-state index contributed by atoms with van der Waals surface area (Å²) in [5, 5.41) is 8.74. The number of hydrogen-bond acceptors (Lipinski definition) is 4. The van der Waals surface area contributed by atoms with Crippen LogP contribution in [0.15, 0.2) is 5.11 Å². The minimum absolute atomic E-state index is 0.0299. The van der Waals surface area contributed by atoms with Crippen LogP contribution in [-0.4, -0.2) is 56.4 Å². The SMILES string of the molecule is CCC(CC(C)C(=O)NCCCCCNC(=O)CN=[N+]=[N-])C(=O)N(C)C. The molecular formula is C17H32N6O3. The smallest absolute Gasteiger partial charge is 0.225 e. The van der Waals surface area contributed by atoms with Crippen LogP contribution in [0.4, 0.5) is 0 Å². The van der Waals surface area contributed by atoms with Gasteiger partial charge in [0.15, 0.2) is 0 Å². The Morgan fingerprint density at radius 3 is 2.27 bits per heavy atom. The average molecular weight is 368 g/mol. The molecular weight excluding hydrogens is 336 g/mol. The molecule has 3 amide bonds. The third-order valence-corrected chi connectivity index (χ3v) is 4.12. The first-order valence-electron chi connectivity index (χ1n) is 9.09. The largest absolute Gasteiger partial charge is 0.356 e. The summed E-state index contributed by atoms with van der Waals surface area (Å²) < 4.78 is 0. The molecule has 0 aromatic heterocycles. The third kappa shape index (κ3) is 10.6. The fourth-order valence-electron chi connectivity index (χ4n) is 2.53. The molecule has 2 N–H and O–H groups in total. The monoisotopic (exact) mass is 368 g/mol. The van der Waals surface area contributed by atoms with E-state index in [1.165, 1.54) is 0 Å². The molecule has 26 heavy (non-hydrogen) atoms. The van der Waals surface area contributed by atoms with Crippen molar-refractivity contribution in [3.8, 4) is 0 Å². The Morgan fingerprint density at radius 1 is 1.12 bits per heavy atom. The number of unbranched alkanes of at least 4 members (excludes halogenated alkanes) is 2. The van der Waals surface area contributed by atoms with Crippen molar-refractivity contribution < 1.29 is 14.4 Å². The van der Waals surface area contributed by atoms with Gasteiger partial charge in [-0.1, -0.05) is 19.0 Å². The lowest BCUT2D eigenvalue weighted by molar-refractivity contribution is -0.134. The van der Waals surface area contributed by atoms with Crippen molar-refractivity contribution >= 4 is 17.7 Å². The highest BCUT2D eigenvalue weighted by atomic mass is 16.2. The van der Waals surface area contributed by atoms with Crippen molar-refractivity contribution in [1.29, 1.82) is 0 Å². The van der Waals surface area contributed by atoms with Crippen LogP contribution in [0.2, 0.25) is 0 Å². The number of nitrogens with zero attached hydrogens (tertiary/aromatic N) is 4. The van der Waals surface area contributed by atoms with E-state index in [-0.39, 0.29) is 36.1 Å². The van der Waals surface area contributed by atoms with Gasteiger partial charge in [0, 0.05) is 43.9 Å². The molecule has 0 aliphatic rings. The zero-order chi connectivity index (χ0) is 19.9. The summed E-state index contributed by atoms with van der Waals surface area (Å²) in [4.78, 5) is 39.5. The number of carbonyl (C=O) groups excluding carboxylic acids is 3. The second kappa shape index (κ2) is 13.9. The topological polar surface area (TPSA) is 127 Å². The summed E-state index contributed by atoms with van der Waals surface area (Å²) in [5.41, 5.74) is 8.11. The van der Waals surface area contributed by atoms with Crippen molar-refractivity contribution in [2.24, 2.45) is 17.0 Å². The van der Waals surface area contributed by atoms with Crippen LogP contribution in [0.5, 0.6) is 0 Å². The number of rotatable bonds is 13. The van der Waals surface area contributed by atoms with E-state index in [0.29, 0.717) is 19.5 Å². The zero-order valence-corrected chi connectivity index (χ0v) is 16.3. The molecule has 0 aliphatic carbocycles. The van der Waals surface area contributed by atoms with Gasteiger partial charge in [-0.25, -0.2) is 0 Å². The maximum Gasteiger partial charge on any atom is 0.225 e. The number of hydrogen-bond donors (Lipinski definition) is 2. The molecule has 0 aromatic carbocycles. The number of azide groups is 1. The molecule has 0 spiro atoms. The van der Waals surface area contributed by atoms with E-state index < -0.39 is 0 Å². The van der Waals surface area contributed by atoms with Gasteiger partial charge in [-0.3, -0.25) is 14.4 Å². The van der Waals surface area contributed by atoms with Crippen LogP contribution in [0.3, 0.4) is 0 Å². The van der Waals surface area contributed by atoms with Gasteiger partial charge >= 0.3 is 0 Å². The van der Waals surface area contributed by atoms with Gasteiger partial charge in [0.25, 0.3) is 0 Å². The summed E-state index contributed by atoms with van der Waals surface area (Å²) in [7, 11) is 3.46. The van der Waals surface area contributed by atoms with Crippen molar-refractivity contribution in [1.82, 2.24) is 15.5 Å². The molecule has 148 valence electrons. The molecule has 9 heteroatoms. The first-order chi connectivity index (χ1) is 12.3. The van der Waals surface area contributed by atoms with E-state index in [0.717, 1.165) is 25.7 Å². The minimum atomic E-state index is -0.289. The molecule has 0 radical (unpaired) electrons. The molecule has 0 aliphatic heterocycles. The van der Waals surface area contributed by atoms with Crippen LogP contribution in [-0.2, 0) is 14.4 Å². The summed E-state index contributed by atoms with van der Waals surface area (Å²) >= 11 is 0. The average Bonchev–Trinajstić information content (AvgIpc) is 2.62. The van der Waals surface area contributed by atoms with Crippen LogP contribution < -0.4 is 10.6 Å².